The van der Waals surface area contributed by atoms with Gasteiger partial charge < -0.3 is 10.1 Å². The van der Waals surface area contributed by atoms with Crippen molar-refractivity contribution in [1.29, 1.82) is 0 Å². The Bertz CT molecular complexity index is 628. The maximum atomic E-state index is 12.1. The average Bonchev–Trinajstić information content (AvgIpc) is 2.89. The predicted molar refractivity (Wildman–Crippen MR) is 86.1 cm³/mol. The molecule has 2 aromatic rings. The summed E-state index contributed by atoms with van der Waals surface area (Å²) in [6.45, 7) is 3.49. The van der Waals surface area contributed by atoms with Crippen molar-refractivity contribution in [2.24, 2.45) is 0 Å². The molecule has 0 unspecified atom stereocenters. The van der Waals surface area contributed by atoms with Crippen LogP contribution in [0.25, 0.3) is 0 Å². The fourth-order valence-corrected chi connectivity index (χ4v) is 3.47. The Hall–Kier alpha value is -1.85. The number of rotatable bonds is 3. The molecule has 2 amide bonds. The molecule has 0 aliphatic carbocycles. The highest BCUT2D eigenvalue weighted by Gasteiger charge is 2.15. The van der Waals surface area contributed by atoms with Gasteiger partial charge in [0.05, 0.1) is 18.2 Å². The fraction of sp³-hybridized carbons (Fsp3) is 0.312. The number of carbonyl (C=O) groups is 1. The number of benzene rings is 1. The van der Waals surface area contributed by atoms with Gasteiger partial charge in [-0.3, -0.25) is 5.32 Å². The van der Waals surface area contributed by atoms with E-state index >= 15 is 0 Å². The van der Waals surface area contributed by atoms with Crippen LogP contribution in [0.1, 0.15) is 22.9 Å². The number of anilines is 2. The Kier molecular flexibility index (Phi) is 4.22. The monoisotopic (exact) mass is 302 g/mol. The Morgan fingerprint density at radius 3 is 3.00 bits per heavy atom. The molecule has 2 heterocycles. The number of carbonyl (C=O) groups excluding carboxylic acids is 1. The molecule has 0 radical (unpaired) electrons. The number of fused-ring (bicyclic) bond motifs is 1. The van der Waals surface area contributed by atoms with Crippen LogP contribution < -0.4 is 10.6 Å². The molecule has 1 aliphatic rings. The molecule has 1 aromatic carbocycles. The van der Waals surface area contributed by atoms with Crippen LogP contribution >= 0.6 is 11.3 Å². The van der Waals surface area contributed by atoms with E-state index < -0.39 is 0 Å². The molecule has 4 nitrogen and oxygen atoms in total. The van der Waals surface area contributed by atoms with Crippen LogP contribution in [0, 0.1) is 0 Å². The molecule has 110 valence electrons. The summed E-state index contributed by atoms with van der Waals surface area (Å²) in [4.78, 5) is 13.3. The number of thiophene rings is 1. The molecule has 2 N–H and O–H groups in total. The van der Waals surface area contributed by atoms with E-state index in [1.807, 2.05) is 30.3 Å². The number of urea groups is 1. The van der Waals surface area contributed by atoms with Crippen molar-refractivity contribution in [2.45, 2.75) is 26.4 Å². The van der Waals surface area contributed by atoms with Gasteiger partial charge in [0.15, 0.2) is 0 Å². The summed E-state index contributed by atoms with van der Waals surface area (Å²) in [7, 11) is 0. The van der Waals surface area contributed by atoms with Gasteiger partial charge in [-0.15, -0.1) is 11.3 Å². The highest BCUT2D eigenvalue weighted by Crippen LogP contribution is 2.30. The smallest absolute Gasteiger partial charge is 0.324 e. The number of amides is 2. The summed E-state index contributed by atoms with van der Waals surface area (Å²) >= 11 is 1.59. The van der Waals surface area contributed by atoms with Crippen LogP contribution in [-0.2, 0) is 24.2 Å². The topological polar surface area (TPSA) is 50.4 Å². The number of nitrogens with one attached hydrogen (secondary N) is 2. The lowest BCUT2D eigenvalue weighted by Gasteiger charge is -2.10. The average molecular weight is 302 g/mol. The molecule has 1 aliphatic heterocycles. The number of hydrogen-bond acceptors (Lipinski definition) is 3. The predicted octanol–water partition coefficient (Wildman–Crippen LogP) is 4.03. The van der Waals surface area contributed by atoms with Crippen molar-refractivity contribution in [3.63, 3.8) is 0 Å². The van der Waals surface area contributed by atoms with Gasteiger partial charge in [0.25, 0.3) is 0 Å². The third-order valence-corrected chi connectivity index (χ3v) is 4.59. The molecular formula is C16H18N2O2S. The lowest BCUT2D eigenvalue weighted by Crippen LogP contribution is -2.19. The summed E-state index contributed by atoms with van der Waals surface area (Å²) in [5.74, 6) is 0. The Labute approximate surface area is 128 Å². The number of aryl methyl sites for hydroxylation is 1. The van der Waals surface area contributed by atoms with Crippen LogP contribution in [0.2, 0.25) is 0 Å². The van der Waals surface area contributed by atoms with Gasteiger partial charge in [-0.25, -0.2) is 4.79 Å². The first-order valence-corrected chi connectivity index (χ1v) is 7.93. The SMILES string of the molecule is CCc1ccccc1NC(=O)Nc1cc2c(s1)COCC2. The molecule has 0 fully saturated rings. The summed E-state index contributed by atoms with van der Waals surface area (Å²) in [6.07, 6.45) is 1.81. The van der Waals surface area contributed by atoms with Gasteiger partial charge in [0.2, 0.25) is 0 Å². The molecular weight excluding hydrogens is 284 g/mol. The zero-order valence-electron chi connectivity index (χ0n) is 11.9. The Morgan fingerprint density at radius 2 is 2.19 bits per heavy atom. The van der Waals surface area contributed by atoms with E-state index in [-0.39, 0.29) is 6.03 Å². The summed E-state index contributed by atoms with van der Waals surface area (Å²) in [6, 6.07) is 9.71. The fourth-order valence-electron chi connectivity index (χ4n) is 2.42. The molecule has 3 rings (SSSR count). The van der Waals surface area contributed by atoms with Crippen molar-refractivity contribution < 1.29 is 9.53 Å². The molecule has 0 atom stereocenters. The van der Waals surface area contributed by atoms with Crippen molar-refractivity contribution in [1.82, 2.24) is 0 Å². The Morgan fingerprint density at radius 1 is 1.33 bits per heavy atom. The molecule has 0 bridgehead atoms. The largest absolute Gasteiger partial charge is 0.376 e. The van der Waals surface area contributed by atoms with Gasteiger partial charge in [0.1, 0.15) is 0 Å². The van der Waals surface area contributed by atoms with Gasteiger partial charge in [-0.1, -0.05) is 25.1 Å². The summed E-state index contributed by atoms with van der Waals surface area (Å²) in [5.41, 5.74) is 3.28. The minimum atomic E-state index is -0.199. The third-order valence-electron chi connectivity index (χ3n) is 3.53. The molecule has 1 aromatic heterocycles. The van der Waals surface area contributed by atoms with E-state index in [0.717, 1.165) is 35.7 Å². The zero-order valence-corrected chi connectivity index (χ0v) is 12.8. The van der Waals surface area contributed by atoms with Gasteiger partial charge in [-0.05, 0) is 36.1 Å². The number of ether oxygens (including phenoxy) is 1. The van der Waals surface area contributed by atoms with Crippen LogP contribution in [0.15, 0.2) is 30.3 Å². The van der Waals surface area contributed by atoms with Crippen molar-refractivity contribution >= 4 is 28.1 Å². The van der Waals surface area contributed by atoms with Crippen molar-refractivity contribution in [3.05, 3.63) is 46.3 Å². The summed E-state index contributed by atoms with van der Waals surface area (Å²) < 4.78 is 5.42. The first-order chi connectivity index (χ1) is 10.3. The second-order valence-corrected chi connectivity index (χ2v) is 6.09. The molecule has 0 spiro atoms. The van der Waals surface area contributed by atoms with Crippen molar-refractivity contribution in [3.8, 4) is 0 Å². The minimum absolute atomic E-state index is 0.199. The zero-order chi connectivity index (χ0) is 14.7. The van der Waals surface area contributed by atoms with E-state index in [4.69, 9.17) is 4.74 Å². The number of hydrogen-bond donors (Lipinski definition) is 2. The lowest BCUT2D eigenvalue weighted by molar-refractivity contribution is 0.113. The maximum absolute atomic E-state index is 12.1. The molecule has 0 saturated heterocycles. The van der Waals surface area contributed by atoms with E-state index in [1.165, 1.54) is 10.4 Å². The highest BCUT2D eigenvalue weighted by atomic mass is 32.1. The maximum Gasteiger partial charge on any atom is 0.324 e. The first kappa shape index (κ1) is 14.1. The normalized spacial score (nSPS) is 13.6. The van der Waals surface area contributed by atoms with Gasteiger partial charge in [-0.2, -0.15) is 0 Å². The van der Waals surface area contributed by atoms with Crippen LogP contribution in [0.5, 0.6) is 0 Å². The molecule has 0 saturated carbocycles. The van der Waals surface area contributed by atoms with E-state index in [0.29, 0.717) is 6.61 Å². The Balaban J connectivity index is 1.67. The molecule has 5 heteroatoms. The van der Waals surface area contributed by atoms with E-state index in [1.54, 1.807) is 11.3 Å². The van der Waals surface area contributed by atoms with E-state index in [2.05, 4.69) is 17.6 Å². The quantitative estimate of drug-likeness (QED) is 0.899. The van der Waals surface area contributed by atoms with Crippen molar-refractivity contribution in [2.75, 3.05) is 17.2 Å². The van der Waals surface area contributed by atoms with Crippen LogP contribution in [0.3, 0.4) is 0 Å². The van der Waals surface area contributed by atoms with Gasteiger partial charge >= 0.3 is 6.03 Å². The molecule has 21 heavy (non-hydrogen) atoms. The second kappa shape index (κ2) is 6.28. The van der Waals surface area contributed by atoms with Gasteiger partial charge in [0, 0.05) is 10.6 Å². The first-order valence-electron chi connectivity index (χ1n) is 7.11. The second-order valence-electron chi connectivity index (χ2n) is 4.95. The highest BCUT2D eigenvalue weighted by molar-refractivity contribution is 7.16. The summed E-state index contributed by atoms with van der Waals surface area (Å²) in [5, 5.41) is 6.70. The van der Waals surface area contributed by atoms with Crippen LogP contribution in [-0.4, -0.2) is 12.6 Å². The van der Waals surface area contributed by atoms with E-state index in [9.17, 15) is 4.79 Å². The minimum Gasteiger partial charge on any atom is -0.376 e. The lowest BCUT2D eigenvalue weighted by atomic mass is 10.1. The number of para-hydroxylation sites is 1. The van der Waals surface area contributed by atoms with Crippen LogP contribution in [0.4, 0.5) is 15.5 Å². The standard InChI is InChI=1S/C16H18N2O2S/c1-2-11-5-3-4-6-13(11)17-16(19)18-15-9-12-7-8-20-10-14(12)21-15/h3-6,9H,2,7-8,10H2,1H3,(H2,17,18,19). The third kappa shape index (κ3) is 3.25.